The van der Waals surface area contributed by atoms with E-state index in [4.69, 9.17) is 9.47 Å². The van der Waals surface area contributed by atoms with Crippen LogP contribution in [-0.4, -0.2) is 29.7 Å². The predicted octanol–water partition coefficient (Wildman–Crippen LogP) is 3.51. The monoisotopic (exact) mass is 351 g/mol. The van der Waals surface area contributed by atoms with Crippen LogP contribution in [0.5, 0.6) is 11.5 Å². The molecule has 6 heteroatoms. The van der Waals surface area contributed by atoms with Crippen molar-refractivity contribution in [3.8, 4) is 11.5 Å². The van der Waals surface area contributed by atoms with Crippen LogP contribution < -0.4 is 14.8 Å². The van der Waals surface area contributed by atoms with Crippen molar-refractivity contribution in [2.75, 3.05) is 19.5 Å². The molecule has 3 aromatic rings. The number of nitrogens with zero attached hydrogens (tertiary/aromatic N) is 2. The van der Waals surface area contributed by atoms with Gasteiger partial charge in [0.05, 0.1) is 20.5 Å². The van der Waals surface area contributed by atoms with Crippen LogP contribution in [0.25, 0.3) is 0 Å². The number of imidazole rings is 1. The van der Waals surface area contributed by atoms with Gasteiger partial charge in [-0.3, -0.25) is 4.79 Å². The van der Waals surface area contributed by atoms with Gasteiger partial charge in [0, 0.05) is 18.3 Å². The number of hydrogen-bond acceptors (Lipinski definition) is 4. The summed E-state index contributed by atoms with van der Waals surface area (Å²) in [5.74, 6) is 1.32. The molecule has 0 saturated carbocycles. The van der Waals surface area contributed by atoms with E-state index in [9.17, 15) is 4.79 Å². The number of nitrogens with one attached hydrogen (secondary N) is 1. The highest BCUT2D eigenvalue weighted by molar-refractivity contribution is 6.04. The number of benzene rings is 2. The van der Waals surface area contributed by atoms with Crippen LogP contribution in [0.1, 0.15) is 21.5 Å². The van der Waals surface area contributed by atoms with Gasteiger partial charge in [-0.05, 0) is 30.7 Å². The highest BCUT2D eigenvalue weighted by Gasteiger charge is 2.12. The van der Waals surface area contributed by atoms with Crippen LogP contribution in [0.15, 0.2) is 55.0 Å². The SMILES string of the molecule is COc1ccc(C(=O)Nc2cn(Cc3ccc(C)cc3)cn2)cc1OC. The molecular weight excluding hydrogens is 330 g/mol. The fourth-order valence-electron chi connectivity index (χ4n) is 2.58. The number of rotatable bonds is 6. The first-order valence-corrected chi connectivity index (χ1v) is 8.19. The third-order valence-electron chi connectivity index (χ3n) is 4.01. The van der Waals surface area contributed by atoms with Gasteiger partial charge in [0.25, 0.3) is 5.91 Å². The maximum absolute atomic E-state index is 12.4. The summed E-state index contributed by atoms with van der Waals surface area (Å²) in [7, 11) is 3.09. The van der Waals surface area contributed by atoms with Crippen molar-refractivity contribution in [2.45, 2.75) is 13.5 Å². The van der Waals surface area contributed by atoms with E-state index in [0.717, 1.165) is 0 Å². The molecule has 1 aromatic heterocycles. The van der Waals surface area contributed by atoms with E-state index in [2.05, 4.69) is 41.5 Å². The summed E-state index contributed by atoms with van der Waals surface area (Å²) < 4.78 is 12.3. The molecule has 6 nitrogen and oxygen atoms in total. The van der Waals surface area contributed by atoms with Gasteiger partial charge in [0.1, 0.15) is 0 Å². The van der Waals surface area contributed by atoms with Crippen LogP contribution in [-0.2, 0) is 6.54 Å². The van der Waals surface area contributed by atoms with E-state index in [0.29, 0.717) is 29.4 Å². The molecule has 1 heterocycles. The maximum Gasteiger partial charge on any atom is 0.256 e. The van der Waals surface area contributed by atoms with E-state index in [-0.39, 0.29) is 5.91 Å². The quantitative estimate of drug-likeness (QED) is 0.738. The largest absolute Gasteiger partial charge is 0.493 e. The first-order valence-electron chi connectivity index (χ1n) is 8.19. The van der Waals surface area contributed by atoms with E-state index >= 15 is 0 Å². The summed E-state index contributed by atoms with van der Waals surface area (Å²) in [4.78, 5) is 16.7. The first-order chi connectivity index (χ1) is 12.6. The summed E-state index contributed by atoms with van der Waals surface area (Å²) in [5.41, 5.74) is 2.86. The lowest BCUT2D eigenvalue weighted by Crippen LogP contribution is -2.12. The summed E-state index contributed by atoms with van der Waals surface area (Å²) >= 11 is 0. The van der Waals surface area contributed by atoms with Crippen LogP contribution in [0.3, 0.4) is 0 Å². The highest BCUT2D eigenvalue weighted by Crippen LogP contribution is 2.27. The smallest absolute Gasteiger partial charge is 0.256 e. The molecule has 0 radical (unpaired) electrons. The number of carbonyl (C=O) groups excluding carboxylic acids is 1. The summed E-state index contributed by atoms with van der Waals surface area (Å²) in [5, 5.41) is 2.80. The molecule has 3 rings (SSSR count). The summed E-state index contributed by atoms with van der Waals surface area (Å²) in [6, 6.07) is 13.3. The maximum atomic E-state index is 12.4. The zero-order valence-electron chi connectivity index (χ0n) is 15.0. The van der Waals surface area contributed by atoms with Gasteiger partial charge >= 0.3 is 0 Å². The number of carbonyl (C=O) groups is 1. The zero-order valence-corrected chi connectivity index (χ0v) is 15.0. The molecule has 26 heavy (non-hydrogen) atoms. The Morgan fingerprint density at radius 3 is 2.50 bits per heavy atom. The van der Waals surface area contributed by atoms with Gasteiger partial charge in [-0.25, -0.2) is 4.98 Å². The number of aryl methyl sites for hydroxylation is 1. The van der Waals surface area contributed by atoms with Crippen LogP contribution >= 0.6 is 0 Å². The third-order valence-corrected chi connectivity index (χ3v) is 4.01. The molecule has 134 valence electrons. The highest BCUT2D eigenvalue weighted by atomic mass is 16.5. The van der Waals surface area contributed by atoms with Crippen molar-refractivity contribution in [3.63, 3.8) is 0 Å². The third kappa shape index (κ3) is 4.03. The van der Waals surface area contributed by atoms with Gasteiger partial charge in [0.15, 0.2) is 17.3 Å². The number of ether oxygens (including phenoxy) is 2. The average Bonchev–Trinajstić information content (AvgIpc) is 3.09. The van der Waals surface area contributed by atoms with E-state index in [1.165, 1.54) is 18.2 Å². The molecular formula is C20H21N3O3. The number of aromatic nitrogens is 2. The lowest BCUT2D eigenvalue weighted by atomic mass is 10.1. The Kier molecular flexibility index (Phi) is 5.22. The second-order valence-electron chi connectivity index (χ2n) is 5.94. The standard InChI is InChI=1S/C20H21N3O3/c1-14-4-6-15(7-5-14)11-23-12-19(21-13-23)22-20(24)16-8-9-17(25-2)18(10-16)26-3/h4-10,12-13H,11H2,1-3H3,(H,22,24). The normalized spacial score (nSPS) is 10.4. The number of hydrogen-bond donors (Lipinski definition) is 1. The second kappa shape index (κ2) is 7.74. The van der Waals surface area contributed by atoms with Gasteiger partial charge in [0.2, 0.25) is 0 Å². The fraction of sp³-hybridized carbons (Fsp3) is 0.200. The van der Waals surface area contributed by atoms with Crippen molar-refractivity contribution in [2.24, 2.45) is 0 Å². The molecule has 1 amide bonds. The first kappa shape index (κ1) is 17.5. The lowest BCUT2D eigenvalue weighted by Gasteiger charge is -2.09. The topological polar surface area (TPSA) is 65.4 Å². The Morgan fingerprint density at radius 1 is 1.08 bits per heavy atom. The van der Waals surface area contributed by atoms with Gasteiger partial charge in [-0.15, -0.1) is 0 Å². The molecule has 0 bridgehead atoms. The number of amides is 1. The molecule has 0 spiro atoms. The van der Waals surface area contributed by atoms with Crippen LogP contribution in [0.2, 0.25) is 0 Å². The molecule has 0 aliphatic carbocycles. The van der Waals surface area contributed by atoms with Crippen molar-refractivity contribution in [1.29, 1.82) is 0 Å². The second-order valence-corrected chi connectivity index (χ2v) is 5.94. The van der Waals surface area contributed by atoms with Crippen LogP contribution in [0.4, 0.5) is 5.82 Å². The predicted molar refractivity (Wildman–Crippen MR) is 100 cm³/mol. The Balaban J connectivity index is 1.68. The van der Waals surface area contributed by atoms with Gasteiger partial charge < -0.3 is 19.4 Å². The lowest BCUT2D eigenvalue weighted by molar-refractivity contribution is 0.102. The molecule has 1 N–H and O–H groups in total. The molecule has 0 aliphatic heterocycles. The fourth-order valence-corrected chi connectivity index (χ4v) is 2.58. The minimum absolute atomic E-state index is 0.258. The molecule has 0 unspecified atom stereocenters. The molecule has 0 saturated heterocycles. The Morgan fingerprint density at radius 2 is 1.81 bits per heavy atom. The van der Waals surface area contributed by atoms with Crippen molar-refractivity contribution in [3.05, 3.63) is 71.7 Å². The Hall–Kier alpha value is -3.28. The van der Waals surface area contributed by atoms with Crippen molar-refractivity contribution >= 4 is 11.7 Å². The van der Waals surface area contributed by atoms with Crippen molar-refractivity contribution in [1.82, 2.24) is 9.55 Å². The van der Waals surface area contributed by atoms with Crippen LogP contribution in [0, 0.1) is 6.92 Å². The summed E-state index contributed by atoms with van der Waals surface area (Å²) in [6.07, 6.45) is 3.50. The summed E-state index contributed by atoms with van der Waals surface area (Å²) in [6.45, 7) is 2.75. The van der Waals surface area contributed by atoms with Gasteiger partial charge in [-0.2, -0.15) is 0 Å². The molecule has 0 aliphatic rings. The minimum Gasteiger partial charge on any atom is -0.493 e. The van der Waals surface area contributed by atoms with Crippen molar-refractivity contribution < 1.29 is 14.3 Å². The van der Waals surface area contributed by atoms with E-state index in [1.54, 1.807) is 37.8 Å². The molecule has 2 aromatic carbocycles. The number of methoxy groups -OCH3 is 2. The van der Waals surface area contributed by atoms with Gasteiger partial charge in [-0.1, -0.05) is 29.8 Å². The average molecular weight is 351 g/mol. The molecule has 0 fully saturated rings. The van der Waals surface area contributed by atoms with E-state index in [1.807, 2.05) is 4.57 Å². The number of anilines is 1. The zero-order chi connectivity index (χ0) is 18.5. The van der Waals surface area contributed by atoms with E-state index < -0.39 is 0 Å². The minimum atomic E-state index is -0.258. The molecule has 0 atom stereocenters. The Bertz CT molecular complexity index is 901. The Labute approximate surface area is 152 Å².